The van der Waals surface area contributed by atoms with Crippen LogP contribution in [-0.2, 0) is 10.0 Å². The number of rotatable bonds is 5. The van der Waals surface area contributed by atoms with E-state index in [9.17, 15) is 8.42 Å². The molecule has 2 aromatic rings. The second-order valence-electron chi connectivity index (χ2n) is 4.11. The Morgan fingerprint density at radius 3 is 2.75 bits per heavy atom. The van der Waals surface area contributed by atoms with Crippen molar-refractivity contribution in [3.63, 3.8) is 0 Å². The van der Waals surface area contributed by atoms with Crippen LogP contribution in [0, 0.1) is 0 Å². The molecule has 6 nitrogen and oxygen atoms in total. The number of methoxy groups -OCH3 is 1. The van der Waals surface area contributed by atoms with E-state index < -0.39 is 16.1 Å². The predicted molar refractivity (Wildman–Crippen MR) is 78.0 cm³/mol. The molecule has 1 aromatic carbocycles. The first-order chi connectivity index (χ1) is 9.44. The highest BCUT2D eigenvalue weighted by Gasteiger charge is 2.20. The molecule has 1 atom stereocenters. The molecular formula is C12H14BrN3O3S. The summed E-state index contributed by atoms with van der Waals surface area (Å²) < 4.78 is 32.8. The Hall–Kier alpha value is -1.38. The minimum Gasteiger partial charge on any atom is -0.496 e. The molecule has 20 heavy (non-hydrogen) atoms. The van der Waals surface area contributed by atoms with Crippen LogP contribution in [0.15, 0.2) is 40.0 Å². The first-order valence-corrected chi connectivity index (χ1v) is 8.07. The highest BCUT2D eigenvalue weighted by Crippen LogP contribution is 2.27. The third kappa shape index (κ3) is 3.20. The van der Waals surface area contributed by atoms with Gasteiger partial charge in [-0.15, -0.1) is 0 Å². The summed E-state index contributed by atoms with van der Waals surface area (Å²) in [5.41, 5.74) is 0. The summed E-state index contributed by atoms with van der Waals surface area (Å²) in [5, 5.41) is 0. The van der Waals surface area contributed by atoms with E-state index in [1.54, 1.807) is 25.4 Å². The lowest BCUT2D eigenvalue weighted by Crippen LogP contribution is -2.27. The Labute approximate surface area is 125 Å². The van der Waals surface area contributed by atoms with Crippen molar-refractivity contribution in [3.05, 3.63) is 40.9 Å². The van der Waals surface area contributed by atoms with Gasteiger partial charge in [0.05, 0.1) is 22.5 Å². The van der Waals surface area contributed by atoms with Crippen molar-refractivity contribution in [3.8, 4) is 5.75 Å². The van der Waals surface area contributed by atoms with Crippen LogP contribution in [0.3, 0.4) is 0 Å². The number of hydrogen-bond acceptors (Lipinski definition) is 4. The molecule has 0 radical (unpaired) electrons. The van der Waals surface area contributed by atoms with E-state index in [-0.39, 0.29) is 4.90 Å². The van der Waals surface area contributed by atoms with Crippen LogP contribution < -0.4 is 9.46 Å². The molecule has 0 fully saturated rings. The van der Waals surface area contributed by atoms with Gasteiger partial charge in [-0.1, -0.05) is 0 Å². The highest BCUT2D eigenvalue weighted by atomic mass is 79.9. The molecule has 0 aliphatic rings. The number of aromatic nitrogens is 2. The van der Waals surface area contributed by atoms with Crippen molar-refractivity contribution < 1.29 is 13.2 Å². The van der Waals surface area contributed by atoms with Crippen LogP contribution in [0.4, 0.5) is 0 Å². The van der Waals surface area contributed by atoms with E-state index in [2.05, 4.69) is 30.6 Å². The zero-order valence-electron chi connectivity index (χ0n) is 10.9. The van der Waals surface area contributed by atoms with Gasteiger partial charge < -0.3 is 9.72 Å². The summed E-state index contributed by atoms with van der Waals surface area (Å²) in [4.78, 5) is 7.06. The summed E-state index contributed by atoms with van der Waals surface area (Å²) in [6.45, 7) is 1.72. The third-order valence-corrected chi connectivity index (χ3v) is 4.85. The predicted octanol–water partition coefficient (Wildman–Crippen LogP) is 2.22. The molecule has 0 aliphatic carbocycles. The summed E-state index contributed by atoms with van der Waals surface area (Å²) >= 11 is 3.27. The van der Waals surface area contributed by atoms with Gasteiger partial charge in [0.25, 0.3) is 0 Å². The summed E-state index contributed by atoms with van der Waals surface area (Å²) in [6.07, 6.45) is 3.22. The molecule has 108 valence electrons. The second-order valence-corrected chi connectivity index (χ2v) is 6.68. The standard InChI is InChI=1S/C12H14BrN3O3S/c1-8(12-14-5-6-15-12)16-20(17,18)9-3-4-11(19-2)10(13)7-9/h3-8,16H,1-2H3,(H,14,15). The molecule has 1 unspecified atom stereocenters. The number of H-pyrrole nitrogens is 1. The van der Waals surface area contributed by atoms with Crippen LogP contribution in [0.2, 0.25) is 0 Å². The Kier molecular flexibility index (Phi) is 4.46. The van der Waals surface area contributed by atoms with Crippen LogP contribution in [0.5, 0.6) is 5.75 Å². The number of ether oxygens (including phenoxy) is 1. The first kappa shape index (κ1) is 15.0. The maximum atomic E-state index is 12.3. The van der Waals surface area contributed by atoms with Gasteiger partial charge in [-0.2, -0.15) is 0 Å². The first-order valence-electron chi connectivity index (χ1n) is 5.79. The van der Waals surface area contributed by atoms with Gasteiger partial charge in [0.1, 0.15) is 11.6 Å². The smallest absolute Gasteiger partial charge is 0.241 e. The van der Waals surface area contributed by atoms with Crippen LogP contribution >= 0.6 is 15.9 Å². The van der Waals surface area contributed by atoms with Crippen LogP contribution in [-0.4, -0.2) is 25.5 Å². The minimum absolute atomic E-state index is 0.156. The van der Waals surface area contributed by atoms with E-state index in [1.807, 2.05) is 0 Å². The van der Waals surface area contributed by atoms with Gasteiger partial charge in [0.2, 0.25) is 10.0 Å². The average Bonchev–Trinajstić information content (AvgIpc) is 2.92. The lowest BCUT2D eigenvalue weighted by Gasteiger charge is -2.13. The molecule has 8 heteroatoms. The normalized spacial score (nSPS) is 13.2. The minimum atomic E-state index is -3.63. The van der Waals surface area contributed by atoms with E-state index >= 15 is 0 Å². The third-order valence-electron chi connectivity index (χ3n) is 2.70. The van der Waals surface area contributed by atoms with Gasteiger partial charge >= 0.3 is 0 Å². The van der Waals surface area contributed by atoms with Crippen molar-refractivity contribution >= 4 is 26.0 Å². The largest absolute Gasteiger partial charge is 0.496 e. The Morgan fingerprint density at radius 2 is 2.20 bits per heavy atom. The number of nitrogens with one attached hydrogen (secondary N) is 2. The Balaban J connectivity index is 2.24. The molecular weight excluding hydrogens is 346 g/mol. The maximum Gasteiger partial charge on any atom is 0.241 e. The Morgan fingerprint density at radius 1 is 1.45 bits per heavy atom. The van der Waals surface area contributed by atoms with Crippen molar-refractivity contribution in [2.45, 2.75) is 17.9 Å². The van der Waals surface area contributed by atoms with Crippen molar-refractivity contribution in [1.82, 2.24) is 14.7 Å². The molecule has 0 saturated heterocycles. The van der Waals surface area contributed by atoms with E-state index in [1.165, 1.54) is 19.2 Å². The van der Waals surface area contributed by atoms with Crippen molar-refractivity contribution in [1.29, 1.82) is 0 Å². The molecule has 1 heterocycles. The summed E-state index contributed by atoms with van der Waals surface area (Å²) in [5.74, 6) is 1.13. The highest BCUT2D eigenvalue weighted by molar-refractivity contribution is 9.10. The van der Waals surface area contributed by atoms with Crippen molar-refractivity contribution in [2.75, 3.05) is 7.11 Å². The number of sulfonamides is 1. The molecule has 0 spiro atoms. The quantitative estimate of drug-likeness (QED) is 0.857. The van der Waals surface area contributed by atoms with E-state index in [0.717, 1.165) is 0 Å². The fourth-order valence-corrected chi connectivity index (χ4v) is 3.61. The lowest BCUT2D eigenvalue weighted by atomic mass is 10.3. The SMILES string of the molecule is COc1ccc(S(=O)(=O)NC(C)c2ncc[nH]2)cc1Br. The van der Waals surface area contributed by atoms with Crippen LogP contribution in [0.25, 0.3) is 0 Å². The van der Waals surface area contributed by atoms with Gasteiger partial charge in [-0.3, -0.25) is 0 Å². The molecule has 2 rings (SSSR count). The number of halogens is 1. The second kappa shape index (κ2) is 5.94. The van der Waals surface area contributed by atoms with Gasteiger partial charge in [-0.05, 0) is 41.1 Å². The summed E-state index contributed by atoms with van der Waals surface area (Å²) in [7, 11) is -2.11. The Bertz CT molecular complexity index is 686. The molecule has 2 N–H and O–H groups in total. The molecule has 0 aliphatic heterocycles. The number of aromatic amines is 1. The number of benzene rings is 1. The number of hydrogen-bond donors (Lipinski definition) is 2. The van der Waals surface area contributed by atoms with Gasteiger partial charge in [-0.25, -0.2) is 18.1 Å². The van der Waals surface area contributed by atoms with Gasteiger partial charge in [0, 0.05) is 12.4 Å². The molecule has 0 saturated carbocycles. The van der Waals surface area contributed by atoms with Crippen LogP contribution in [0.1, 0.15) is 18.8 Å². The maximum absolute atomic E-state index is 12.3. The molecule has 0 amide bonds. The zero-order chi connectivity index (χ0) is 14.8. The fraction of sp³-hybridized carbons (Fsp3) is 0.250. The number of imidazole rings is 1. The average molecular weight is 360 g/mol. The lowest BCUT2D eigenvalue weighted by molar-refractivity contribution is 0.411. The zero-order valence-corrected chi connectivity index (χ0v) is 13.3. The van der Waals surface area contributed by atoms with E-state index in [4.69, 9.17) is 4.74 Å². The topological polar surface area (TPSA) is 84.1 Å². The number of nitrogens with zero attached hydrogens (tertiary/aromatic N) is 1. The van der Waals surface area contributed by atoms with Crippen molar-refractivity contribution in [2.24, 2.45) is 0 Å². The van der Waals surface area contributed by atoms with Gasteiger partial charge in [0.15, 0.2) is 0 Å². The molecule has 1 aromatic heterocycles. The monoisotopic (exact) mass is 359 g/mol. The summed E-state index contributed by atoms with van der Waals surface area (Å²) in [6, 6.07) is 4.13. The van der Waals surface area contributed by atoms with E-state index in [0.29, 0.717) is 16.0 Å². The fourth-order valence-electron chi connectivity index (χ4n) is 1.69. The molecule has 0 bridgehead atoms.